The zero-order valence-corrected chi connectivity index (χ0v) is 13.2. The van der Waals surface area contributed by atoms with Crippen LogP contribution in [0.1, 0.15) is 29.6 Å². The minimum absolute atomic E-state index is 0.00225. The zero-order chi connectivity index (χ0) is 16.2. The van der Waals surface area contributed by atoms with Crippen molar-refractivity contribution >= 4 is 22.5 Å². The number of amides is 1. The van der Waals surface area contributed by atoms with Gasteiger partial charge in [0.2, 0.25) is 5.91 Å². The molecule has 1 atom stereocenters. The van der Waals surface area contributed by atoms with Crippen molar-refractivity contribution in [1.82, 2.24) is 4.90 Å². The summed E-state index contributed by atoms with van der Waals surface area (Å²) in [6.07, 6.45) is 2.25. The lowest BCUT2D eigenvalue weighted by Crippen LogP contribution is -2.40. The Bertz CT molecular complexity index is 721. The van der Waals surface area contributed by atoms with E-state index in [0.29, 0.717) is 13.0 Å². The number of ketones is 1. The fraction of sp³-hybridized carbons (Fsp3) is 0.368. The second-order valence-corrected chi connectivity index (χ2v) is 6.25. The largest absolute Gasteiger partial charge is 0.370 e. The van der Waals surface area contributed by atoms with Crippen molar-refractivity contribution in [3.8, 4) is 0 Å². The smallest absolute Gasteiger partial charge is 0.218 e. The lowest BCUT2D eigenvalue weighted by Gasteiger charge is -2.31. The number of rotatable bonds is 5. The van der Waals surface area contributed by atoms with Gasteiger partial charge in [-0.25, -0.2) is 0 Å². The van der Waals surface area contributed by atoms with Gasteiger partial charge in [0.05, 0.1) is 0 Å². The SMILES string of the molecule is NC(=O)CCN1CCC[C@@H](C(=O)c2cccc3ccccc23)C1. The molecule has 3 rings (SSSR count). The Labute approximate surface area is 136 Å². The summed E-state index contributed by atoms with van der Waals surface area (Å²) in [5, 5.41) is 2.12. The number of benzene rings is 2. The third-order valence-electron chi connectivity index (χ3n) is 4.61. The number of fused-ring (bicyclic) bond motifs is 1. The van der Waals surface area contributed by atoms with E-state index in [1.807, 2.05) is 42.5 Å². The van der Waals surface area contributed by atoms with Crippen molar-refractivity contribution in [2.24, 2.45) is 11.7 Å². The van der Waals surface area contributed by atoms with Crippen molar-refractivity contribution in [2.45, 2.75) is 19.3 Å². The molecule has 2 N–H and O–H groups in total. The molecule has 1 aliphatic rings. The highest BCUT2D eigenvalue weighted by Crippen LogP contribution is 2.25. The van der Waals surface area contributed by atoms with Gasteiger partial charge in [0.15, 0.2) is 5.78 Å². The van der Waals surface area contributed by atoms with Crippen molar-refractivity contribution < 1.29 is 9.59 Å². The highest BCUT2D eigenvalue weighted by atomic mass is 16.1. The number of nitrogens with two attached hydrogens (primary N) is 1. The van der Waals surface area contributed by atoms with E-state index in [4.69, 9.17) is 5.73 Å². The number of hydrogen-bond acceptors (Lipinski definition) is 3. The standard InChI is InChI=1S/C19H22N2O2/c20-18(22)10-12-21-11-4-7-15(13-21)19(23)17-9-3-6-14-5-1-2-8-16(14)17/h1-3,5-6,8-9,15H,4,7,10-13H2,(H2,20,22)/t15-/m1/s1. The summed E-state index contributed by atoms with van der Waals surface area (Å²) in [7, 11) is 0. The summed E-state index contributed by atoms with van der Waals surface area (Å²) in [5.74, 6) is -0.0690. The van der Waals surface area contributed by atoms with Gasteiger partial charge in [-0.15, -0.1) is 0 Å². The number of primary amides is 1. The van der Waals surface area contributed by atoms with Crippen LogP contribution < -0.4 is 5.73 Å². The van der Waals surface area contributed by atoms with Crippen molar-refractivity contribution in [2.75, 3.05) is 19.6 Å². The number of likely N-dealkylation sites (tertiary alicyclic amines) is 1. The topological polar surface area (TPSA) is 63.4 Å². The number of hydrogen-bond donors (Lipinski definition) is 1. The Balaban J connectivity index is 1.77. The molecule has 2 aromatic rings. The van der Waals surface area contributed by atoms with E-state index in [9.17, 15) is 9.59 Å². The molecule has 0 saturated carbocycles. The molecule has 0 aliphatic carbocycles. The number of nitrogens with zero attached hydrogens (tertiary/aromatic N) is 1. The van der Waals surface area contributed by atoms with Gasteiger partial charge in [-0.1, -0.05) is 42.5 Å². The first-order valence-corrected chi connectivity index (χ1v) is 8.18. The predicted molar refractivity (Wildman–Crippen MR) is 91.3 cm³/mol. The number of carbonyl (C=O) groups is 2. The molecule has 4 heteroatoms. The molecule has 1 fully saturated rings. The van der Waals surface area contributed by atoms with Crippen LogP contribution in [0.25, 0.3) is 10.8 Å². The van der Waals surface area contributed by atoms with Crippen LogP contribution >= 0.6 is 0 Å². The molecular formula is C19H22N2O2. The van der Waals surface area contributed by atoms with Gasteiger partial charge in [-0.2, -0.15) is 0 Å². The third kappa shape index (κ3) is 3.59. The van der Waals surface area contributed by atoms with Crippen LogP contribution in [0.3, 0.4) is 0 Å². The summed E-state index contributed by atoms with van der Waals surface area (Å²) in [5.41, 5.74) is 6.03. The van der Waals surface area contributed by atoms with Crippen molar-refractivity contribution in [3.63, 3.8) is 0 Å². The maximum absolute atomic E-state index is 13.0. The first-order valence-electron chi connectivity index (χ1n) is 8.18. The second kappa shape index (κ2) is 6.92. The Morgan fingerprint density at radius 3 is 2.74 bits per heavy atom. The predicted octanol–water partition coefficient (Wildman–Crippen LogP) is 2.61. The van der Waals surface area contributed by atoms with Crippen LogP contribution in [0.15, 0.2) is 42.5 Å². The summed E-state index contributed by atoms with van der Waals surface area (Å²) < 4.78 is 0. The fourth-order valence-electron chi connectivity index (χ4n) is 3.40. The Morgan fingerprint density at radius 1 is 1.13 bits per heavy atom. The van der Waals surface area contributed by atoms with E-state index in [1.54, 1.807) is 0 Å². The van der Waals surface area contributed by atoms with E-state index in [0.717, 1.165) is 42.3 Å². The summed E-state index contributed by atoms with van der Waals surface area (Å²) in [6, 6.07) is 13.9. The van der Waals surface area contributed by atoms with E-state index in [1.165, 1.54) is 0 Å². The normalized spacial score (nSPS) is 18.9. The van der Waals surface area contributed by atoms with Crippen LogP contribution in [-0.4, -0.2) is 36.2 Å². The molecule has 1 aliphatic heterocycles. The lowest BCUT2D eigenvalue weighted by molar-refractivity contribution is -0.118. The minimum Gasteiger partial charge on any atom is -0.370 e. The molecule has 0 spiro atoms. The van der Waals surface area contributed by atoms with Crippen molar-refractivity contribution in [1.29, 1.82) is 0 Å². The van der Waals surface area contributed by atoms with Gasteiger partial charge in [0.1, 0.15) is 0 Å². The van der Waals surface area contributed by atoms with Gasteiger partial charge in [0, 0.05) is 31.0 Å². The molecule has 0 unspecified atom stereocenters. The van der Waals surface area contributed by atoms with Gasteiger partial charge < -0.3 is 10.6 Å². The maximum Gasteiger partial charge on any atom is 0.218 e. The second-order valence-electron chi connectivity index (χ2n) is 6.25. The van der Waals surface area contributed by atoms with Crippen LogP contribution in [-0.2, 0) is 4.79 Å². The Kier molecular flexibility index (Phi) is 4.72. The van der Waals surface area contributed by atoms with Gasteiger partial charge in [-0.3, -0.25) is 9.59 Å². The molecule has 0 aromatic heterocycles. The van der Waals surface area contributed by atoms with Crippen LogP contribution in [0, 0.1) is 5.92 Å². The summed E-state index contributed by atoms with van der Waals surface area (Å²) in [4.78, 5) is 26.1. The first-order chi connectivity index (χ1) is 11.1. The minimum atomic E-state index is -0.285. The quantitative estimate of drug-likeness (QED) is 0.863. The van der Waals surface area contributed by atoms with Crippen LogP contribution in [0.2, 0.25) is 0 Å². The number of piperidine rings is 1. The van der Waals surface area contributed by atoms with E-state index < -0.39 is 0 Å². The van der Waals surface area contributed by atoms with Crippen LogP contribution in [0.5, 0.6) is 0 Å². The Morgan fingerprint density at radius 2 is 1.91 bits per heavy atom. The molecule has 1 saturated heterocycles. The highest BCUT2D eigenvalue weighted by molar-refractivity contribution is 6.09. The Hall–Kier alpha value is -2.20. The lowest BCUT2D eigenvalue weighted by atomic mass is 9.88. The monoisotopic (exact) mass is 310 g/mol. The third-order valence-corrected chi connectivity index (χ3v) is 4.61. The molecule has 1 amide bonds. The molecule has 23 heavy (non-hydrogen) atoms. The van der Waals surface area contributed by atoms with Crippen LogP contribution in [0.4, 0.5) is 0 Å². The summed E-state index contributed by atoms with van der Waals surface area (Å²) in [6.45, 7) is 2.30. The molecule has 120 valence electrons. The summed E-state index contributed by atoms with van der Waals surface area (Å²) >= 11 is 0. The van der Waals surface area contributed by atoms with Gasteiger partial charge >= 0.3 is 0 Å². The molecule has 1 heterocycles. The average Bonchev–Trinajstić information content (AvgIpc) is 2.59. The zero-order valence-electron chi connectivity index (χ0n) is 13.2. The van der Waals surface area contributed by atoms with E-state index >= 15 is 0 Å². The van der Waals surface area contributed by atoms with Gasteiger partial charge in [-0.05, 0) is 30.2 Å². The number of carbonyl (C=O) groups excluding carboxylic acids is 2. The number of Topliss-reactive ketones (excluding diaryl/α,β-unsaturated/α-hetero) is 1. The maximum atomic E-state index is 13.0. The first kappa shape index (κ1) is 15.7. The molecule has 0 radical (unpaired) electrons. The fourth-order valence-corrected chi connectivity index (χ4v) is 3.40. The molecule has 2 aromatic carbocycles. The average molecular weight is 310 g/mol. The molecular weight excluding hydrogens is 288 g/mol. The van der Waals surface area contributed by atoms with Gasteiger partial charge in [0.25, 0.3) is 0 Å². The molecule has 4 nitrogen and oxygen atoms in total. The van der Waals surface area contributed by atoms with Crippen molar-refractivity contribution in [3.05, 3.63) is 48.0 Å². The highest BCUT2D eigenvalue weighted by Gasteiger charge is 2.27. The van der Waals surface area contributed by atoms with E-state index in [2.05, 4.69) is 4.90 Å². The van der Waals surface area contributed by atoms with E-state index in [-0.39, 0.29) is 17.6 Å². The molecule has 0 bridgehead atoms.